The molecule has 1 aromatic carbocycles. The van der Waals surface area contributed by atoms with Crippen LogP contribution in [0.15, 0.2) is 24.3 Å². The second kappa shape index (κ2) is 7.21. The maximum Gasteiger partial charge on any atom is 0.319 e. The minimum absolute atomic E-state index is 0.0378. The van der Waals surface area contributed by atoms with Gasteiger partial charge in [-0.25, -0.2) is 4.79 Å². The summed E-state index contributed by atoms with van der Waals surface area (Å²) < 4.78 is 0. The Labute approximate surface area is 139 Å². The molecule has 0 bridgehead atoms. The summed E-state index contributed by atoms with van der Waals surface area (Å²) in [5, 5.41) is 15.3. The largest absolute Gasteiger partial charge is 0.394 e. The van der Waals surface area contributed by atoms with Crippen LogP contribution in [-0.2, 0) is 0 Å². The zero-order valence-electron chi connectivity index (χ0n) is 14.6. The predicted octanol–water partition coefficient (Wildman–Crippen LogP) is 3.20. The zero-order chi connectivity index (χ0) is 17.0. The number of aliphatic hydroxyl groups is 1. The van der Waals surface area contributed by atoms with E-state index < -0.39 is 5.54 Å². The molecule has 2 rings (SSSR count). The van der Waals surface area contributed by atoms with Crippen molar-refractivity contribution in [3.63, 3.8) is 0 Å². The molecule has 23 heavy (non-hydrogen) atoms. The summed E-state index contributed by atoms with van der Waals surface area (Å²) in [6.45, 7) is 9.26. The van der Waals surface area contributed by atoms with Gasteiger partial charge in [-0.3, -0.25) is 0 Å². The summed E-state index contributed by atoms with van der Waals surface area (Å²) in [4.78, 5) is 14.5. The zero-order valence-corrected chi connectivity index (χ0v) is 14.6. The van der Waals surface area contributed by atoms with Crippen LogP contribution >= 0.6 is 0 Å². The molecule has 1 unspecified atom stereocenters. The minimum atomic E-state index is -0.527. The van der Waals surface area contributed by atoms with Gasteiger partial charge in [0.25, 0.3) is 0 Å². The summed E-state index contributed by atoms with van der Waals surface area (Å²) >= 11 is 0. The normalized spacial score (nSPS) is 16.8. The van der Waals surface area contributed by atoms with Gasteiger partial charge in [-0.2, -0.15) is 0 Å². The standard InChI is InChI=1S/C18H29N3O2/c1-5-21(13(2)3)16-10-8-15(9-11-16)19-17(23)20-18(4,12-22)14-6-7-14/h8-11,13-14,22H,5-7,12H2,1-4H3,(H2,19,20,23). The molecule has 1 fully saturated rings. The van der Waals surface area contributed by atoms with Gasteiger partial charge in [0.2, 0.25) is 0 Å². The van der Waals surface area contributed by atoms with Crippen molar-refractivity contribution in [2.24, 2.45) is 5.92 Å². The first-order valence-electron chi connectivity index (χ1n) is 8.46. The molecule has 5 nitrogen and oxygen atoms in total. The van der Waals surface area contributed by atoms with Gasteiger partial charge in [0.15, 0.2) is 0 Å². The van der Waals surface area contributed by atoms with E-state index in [1.54, 1.807) is 0 Å². The Kier molecular flexibility index (Phi) is 5.52. The number of nitrogens with one attached hydrogen (secondary N) is 2. The van der Waals surface area contributed by atoms with E-state index in [0.717, 1.165) is 30.8 Å². The van der Waals surface area contributed by atoms with Gasteiger partial charge < -0.3 is 20.6 Å². The first-order chi connectivity index (χ1) is 10.9. The second-order valence-electron chi connectivity index (χ2n) is 6.86. The van der Waals surface area contributed by atoms with E-state index in [2.05, 4.69) is 36.3 Å². The lowest BCUT2D eigenvalue weighted by Gasteiger charge is -2.29. The van der Waals surface area contributed by atoms with Crippen LogP contribution in [0, 0.1) is 5.92 Å². The molecule has 1 aromatic rings. The molecule has 2 amide bonds. The quantitative estimate of drug-likeness (QED) is 0.723. The summed E-state index contributed by atoms with van der Waals surface area (Å²) in [6.07, 6.45) is 2.13. The lowest BCUT2D eigenvalue weighted by Crippen LogP contribution is -2.52. The van der Waals surface area contributed by atoms with E-state index >= 15 is 0 Å². The van der Waals surface area contributed by atoms with Crippen LogP contribution < -0.4 is 15.5 Å². The van der Waals surface area contributed by atoms with Crippen molar-refractivity contribution in [3.8, 4) is 0 Å². The van der Waals surface area contributed by atoms with Crippen molar-refractivity contribution in [3.05, 3.63) is 24.3 Å². The van der Waals surface area contributed by atoms with E-state index in [-0.39, 0.29) is 12.6 Å². The van der Waals surface area contributed by atoms with Crippen LogP contribution in [0.2, 0.25) is 0 Å². The Morgan fingerprint density at radius 3 is 2.39 bits per heavy atom. The highest BCUT2D eigenvalue weighted by Gasteiger charge is 2.42. The Bertz CT molecular complexity index is 526. The van der Waals surface area contributed by atoms with Gasteiger partial charge in [-0.1, -0.05) is 0 Å². The molecule has 1 atom stereocenters. The Morgan fingerprint density at radius 1 is 1.35 bits per heavy atom. The molecule has 128 valence electrons. The number of hydrogen-bond acceptors (Lipinski definition) is 3. The molecule has 0 spiro atoms. The summed E-state index contributed by atoms with van der Waals surface area (Å²) in [7, 11) is 0. The van der Waals surface area contributed by atoms with Gasteiger partial charge in [0.05, 0.1) is 12.1 Å². The number of aliphatic hydroxyl groups excluding tert-OH is 1. The maximum atomic E-state index is 12.2. The third kappa shape index (κ3) is 4.38. The van der Waals surface area contributed by atoms with E-state index in [1.165, 1.54) is 0 Å². The van der Waals surface area contributed by atoms with Crippen molar-refractivity contribution in [1.82, 2.24) is 5.32 Å². The number of nitrogens with zero attached hydrogens (tertiary/aromatic N) is 1. The first kappa shape index (κ1) is 17.6. The van der Waals surface area contributed by atoms with Crippen molar-refractivity contribution < 1.29 is 9.90 Å². The molecule has 0 aliphatic heterocycles. The number of benzene rings is 1. The van der Waals surface area contributed by atoms with Gasteiger partial charge in [-0.05, 0) is 70.7 Å². The average Bonchev–Trinajstić information content (AvgIpc) is 3.34. The van der Waals surface area contributed by atoms with E-state index in [0.29, 0.717) is 12.0 Å². The molecule has 1 aliphatic rings. The third-order valence-corrected chi connectivity index (χ3v) is 4.63. The molecule has 0 heterocycles. The van der Waals surface area contributed by atoms with Crippen LogP contribution in [0.3, 0.4) is 0 Å². The number of carbonyl (C=O) groups excluding carboxylic acids is 1. The van der Waals surface area contributed by atoms with Crippen LogP contribution in [0.5, 0.6) is 0 Å². The number of rotatable bonds is 7. The molecular weight excluding hydrogens is 290 g/mol. The fourth-order valence-electron chi connectivity index (χ4n) is 2.99. The smallest absolute Gasteiger partial charge is 0.319 e. The highest BCUT2D eigenvalue weighted by Crippen LogP contribution is 2.39. The predicted molar refractivity (Wildman–Crippen MR) is 95.0 cm³/mol. The molecular formula is C18H29N3O2. The van der Waals surface area contributed by atoms with Crippen molar-refractivity contribution in [2.75, 3.05) is 23.4 Å². The van der Waals surface area contributed by atoms with Crippen molar-refractivity contribution in [2.45, 2.75) is 52.1 Å². The molecule has 5 heteroatoms. The van der Waals surface area contributed by atoms with Crippen molar-refractivity contribution in [1.29, 1.82) is 0 Å². The molecule has 1 aliphatic carbocycles. The van der Waals surface area contributed by atoms with Crippen LogP contribution in [-0.4, -0.2) is 35.9 Å². The second-order valence-corrected chi connectivity index (χ2v) is 6.86. The Morgan fingerprint density at radius 2 is 1.96 bits per heavy atom. The fraction of sp³-hybridized carbons (Fsp3) is 0.611. The van der Waals surface area contributed by atoms with Crippen LogP contribution in [0.25, 0.3) is 0 Å². The van der Waals surface area contributed by atoms with Crippen molar-refractivity contribution >= 4 is 17.4 Å². The molecule has 1 saturated carbocycles. The highest BCUT2D eigenvalue weighted by molar-refractivity contribution is 5.90. The third-order valence-electron chi connectivity index (χ3n) is 4.63. The van der Waals surface area contributed by atoms with E-state index in [4.69, 9.17) is 0 Å². The highest BCUT2D eigenvalue weighted by atomic mass is 16.3. The number of carbonyl (C=O) groups is 1. The minimum Gasteiger partial charge on any atom is -0.394 e. The summed E-state index contributed by atoms with van der Waals surface area (Å²) in [5.74, 6) is 0.379. The van der Waals surface area contributed by atoms with Gasteiger partial charge in [-0.15, -0.1) is 0 Å². The summed E-state index contributed by atoms with van der Waals surface area (Å²) in [5.41, 5.74) is 1.37. The molecule has 0 radical (unpaired) electrons. The Hall–Kier alpha value is -1.75. The average molecular weight is 319 g/mol. The number of anilines is 2. The number of amides is 2. The van der Waals surface area contributed by atoms with Gasteiger partial charge in [0, 0.05) is 24.0 Å². The lowest BCUT2D eigenvalue weighted by atomic mass is 9.97. The first-order valence-corrected chi connectivity index (χ1v) is 8.46. The van der Waals surface area contributed by atoms with Gasteiger partial charge in [0.1, 0.15) is 0 Å². The van der Waals surface area contributed by atoms with E-state index in [9.17, 15) is 9.90 Å². The molecule has 0 saturated heterocycles. The molecule has 0 aromatic heterocycles. The number of hydrogen-bond donors (Lipinski definition) is 3. The van der Waals surface area contributed by atoms with Crippen LogP contribution in [0.1, 0.15) is 40.5 Å². The lowest BCUT2D eigenvalue weighted by molar-refractivity contribution is 0.159. The van der Waals surface area contributed by atoms with Crippen LogP contribution in [0.4, 0.5) is 16.2 Å². The van der Waals surface area contributed by atoms with E-state index in [1.807, 2.05) is 31.2 Å². The fourth-order valence-corrected chi connectivity index (χ4v) is 2.99. The Balaban J connectivity index is 1.96. The topological polar surface area (TPSA) is 64.6 Å². The monoisotopic (exact) mass is 319 g/mol. The number of urea groups is 1. The molecule has 3 N–H and O–H groups in total. The SMILES string of the molecule is CCN(c1ccc(NC(=O)NC(C)(CO)C2CC2)cc1)C(C)C. The maximum absolute atomic E-state index is 12.2. The van der Waals surface area contributed by atoms with Gasteiger partial charge >= 0.3 is 6.03 Å². The summed E-state index contributed by atoms with van der Waals surface area (Å²) in [6, 6.07) is 8.03.